The summed E-state index contributed by atoms with van der Waals surface area (Å²) in [6, 6.07) is 0. The van der Waals surface area contributed by atoms with Crippen molar-refractivity contribution in [2.24, 2.45) is 0 Å². The molecule has 0 aromatic carbocycles. The smallest absolute Gasteiger partial charge is 0.233 e. The summed E-state index contributed by atoms with van der Waals surface area (Å²) >= 11 is 0. The third-order valence-corrected chi connectivity index (χ3v) is 18.4. The zero-order valence-corrected chi connectivity index (χ0v) is 80.3. The minimum absolute atomic E-state index is 0. The van der Waals surface area contributed by atoms with Gasteiger partial charge in [-0.2, -0.15) is 0 Å². The molecular formula is C78H169B4FN26O12. The predicted molar refractivity (Wildman–Crippen MR) is 470 cm³/mol. The molecule has 0 fully saturated rings. The van der Waals surface area contributed by atoms with Gasteiger partial charge in [0.25, 0.3) is 0 Å². The number of halogens is 1. The molecule has 0 N–H and O–H groups in total. The van der Waals surface area contributed by atoms with Gasteiger partial charge in [0.05, 0.1) is 353 Å². The Morgan fingerprint density at radius 3 is 0.223 bits per heavy atom. The first kappa shape index (κ1) is 122. The van der Waals surface area contributed by atoms with Crippen molar-refractivity contribution in [1.29, 1.82) is 0 Å². The Balaban J connectivity index is -0.000000396. The predicted octanol–water partition coefficient (Wildman–Crippen LogP) is -18.9. The normalized spacial score (nSPS) is 18.7. The van der Waals surface area contributed by atoms with E-state index in [1.54, 1.807) is 0 Å². The fourth-order valence-corrected chi connectivity index (χ4v) is 13.3. The molecule has 121 heavy (non-hydrogen) atoms. The fraction of sp³-hybridized carbons (Fsp3) is 0.833. The summed E-state index contributed by atoms with van der Waals surface area (Å²) in [6.45, 7) is 31.5. The van der Waals surface area contributed by atoms with Gasteiger partial charge >= 0.3 is 0 Å². The van der Waals surface area contributed by atoms with Crippen molar-refractivity contribution in [3.63, 3.8) is 0 Å². The third kappa shape index (κ3) is 91.9. The van der Waals surface area contributed by atoms with Crippen molar-refractivity contribution >= 4 is 112 Å². The lowest BCUT2D eigenvalue weighted by molar-refractivity contribution is -0.502. The van der Waals surface area contributed by atoms with E-state index >= 15 is 0 Å². The quantitative estimate of drug-likeness (QED) is 0.161. The molecule has 43 heteroatoms. The van der Waals surface area contributed by atoms with Crippen LogP contribution in [0.3, 0.4) is 0 Å². The summed E-state index contributed by atoms with van der Waals surface area (Å²) in [6.07, 6.45) is 44.7. The SMILES string of the molecule is CN1C=[N+](C)CCC1.CN1C=[N+](C)CCC1.CN1C=[N+](C)CCC1.CN1C=[N+](C)CCC1.CN1C=[N+](C)CCC1.CN1C=[N+](C)CCC1.CN1C=[N+](C)CCC1.CN1C=[N+](C)CCC1.CN1C=[N+](C)CCC1.CN1C=[N+](C)CCC1.CN1C=[N+](C)CCC1.CN1C=[N+](C)CCC1.CN1C=[N+](C)CCC1.[F-].[O-]B([O-])[O-].[O-]B([O-])[O-].[O-]B([O-])[O-].[O-]B([O-])[O-]. The Bertz CT molecular complexity index is 2330. The van der Waals surface area contributed by atoms with E-state index in [4.69, 9.17) is 60.3 Å². The highest BCUT2D eigenvalue weighted by Crippen LogP contribution is 1.98. The second-order valence-corrected chi connectivity index (χ2v) is 32.7. The van der Waals surface area contributed by atoms with Gasteiger partial charge < -0.3 is 65.0 Å². The van der Waals surface area contributed by atoms with Crippen molar-refractivity contribution in [2.45, 2.75) is 83.5 Å². The molecule has 0 spiro atoms. The van der Waals surface area contributed by atoms with Crippen molar-refractivity contribution in [3.8, 4) is 0 Å². The standard InChI is InChI=1S/13C6H13N2.4BO3.FH/c13*1-7-4-3-5-8(2)6-7;4*2-1(3)4;/h13*6H,3-5H2,1-2H3;;;;;1H/q13*+1;4*-3;/p-1. The average molecular weight is 1730 g/mol. The zero-order valence-electron chi connectivity index (χ0n) is 80.3. The second kappa shape index (κ2) is 77.6. The van der Waals surface area contributed by atoms with Gasteiger partial charge in [0.2, 0.25) is 82.4 Å². The number of hydrogen-bond donors (Lipinski definition) is 0. The summed E-state index contributed by atoms with van der Waals surface area (Å²) < 4.78 is 28.8. The van der Waals surface area contributed by atoms with Crippen LogP contribution in [0.1, 0.15) is 83.5 Å². The molecule has 0 radical (unpaired) electrons. The second-order valence-electron chi connectivity index (χ2n) is 32.7. The van der Waals surface area contributed by atoms with Crippen LogP contribution in [0.4, 0.5) is 0 Å². The van der Waals surface area contributed by atoms with Crippen LogP contribution in [0.2, 0.25) is 0 Å². The summed E-state index contributed by atoms with van der Waals surface area (Å²) in [5, 5.41) is 101. The minimum Gasteiger partial charge on any atom is -1.00 e. The van der Waals surface area contributed by atoms with Crippen LogP contribution in [0.25, 0.3) is 0 Å². The van der Waals surface area contributed by atoms with Gasteiger partial charge in [0.15, 0.2) is 0 Å². The maximum Gasteiger partial charge on any atom is 0.233 e. The Labute approximate surface area is 733 Å². The highest BCUT2D eigenvalue weighted by molar-refractivity contribution is 6.24. The van der Waals surface area contributed by atoms with Crippen LogP contribution >= 0.6 is 0 Å². The number of nitrogens with zero attached hydrogens (tertiary/aromatic N) is 26. The molecule has 13 heterocycles. The maximum atomic E-state index is 8.42. The topological polar surface area (TPSA) is 358 Å². The highest BCUT2D eigenvalue weighted by atomic mass is 19.0. The van der Waals surface area contributed by atoms with Crippen molar-refractivity contribution in [1.82, 2.24) is 63.7 Å². The maximum absolute atomic E-state index is 8.42. The summed E-state index contributed by atoms with van der Waals surface area (Å²) in [5.74, 6) is 0. The van der Waals surface area contributed by atoms with Crippen LogP contribution in [-0.2, 0) is 0 Å². The van der Waals surface area contributed by atoms with E-state index in [0.29, 0.717) is 0 Å². The average Bonchev–Trinajstić information content (AvgIpc) is 1.10. The molecule has 0 aromatic heterocycles. The van der Waals surface area contributed by atoms with E-state index in [1.165, 1.54) is 254 Å². The number of rotatable bonds is 0. The van der Waals surface area contributed by atoms with Crippen LogP contribution in [0, 0.1) is 0 Å². The van der Waals surface area contributed by atoms with Gasteiger partial charge in [-0.15, -0.1) is 0 Å². The van der Waals surface area contributed by atoms with E-state index in [9.17, 15) is 0 Å². The third-order valence-electron chi connectivity index (χ3n) is 18.4. The van der Waals surface area contributed by atoms with Crippen LogP contribution in [0.15, 0.2) is 0 Å². The summed E-state index contributed by atoms with van der Waals surface area (Å²) in [5.41, 5.74) is 0. The van der Waals surface area contributed by atoms with Crippen LogP contribution in [0.5, 0.6) is 0 Å². The van der Waals surface area contributed by atoms with Crippen molar-refractivity contribution in [2.75, 3.05) is 353 Å². The number of hydrogen-bond acceptors (Lipinski definition) is 25. The lowest BCUT2D eigenvalue weighted by Crippen LogP contribution is -3.00. The molecule has 13 aliphatic rings. The molecule has 0 unspecified atom stereocenters. The van der Waals surface area contributed by atoms with Gasteiger partial charge in [0.1, 0.15) is 0 Å². The van der Waals surface area contributed by atoms with Gasteiger partial charge in [-0.05, 0) is 0 Å². The first-order valence-electron chi connectivity index (χ1n) is 42.4. The van der Waals surface area contributed by atoms with E-state index in [0.717, 1.165) is 0 Å². The summed E-state index contributed by atoms with van der Waals surface area (Å²) in [4.78, 5) is 28.8. The Hall–Kier alpha value is -7.18. The Morgan fingerprint density at radius 2 is 0.198 bits per heavy atom. The largest absolute Gasteiger partial charge is 1.00 e. The fourth-order valence-electron chi connectivity index (χ4n) is 13.3. The molecule has 0 saturated heterocycles. The van der Waals surface area contributed by atoms with E-state index in [1.807, 2.05) is 0 Å². The van der Waals surface area contributed by atoms with Crippen LogP contribution in [-0.4, -0.2) is 588 Å². The summed E-state index contributed by atoms with van der Waals surface area (Å²) in [7, 11) is 43.1. The first-order valence-corrected chi connectivity index (χ1v) is 42.4. The molecule has 0 bridgehead atoms. The molecular weight excluding hydrogens is 1560 g/mol. The molecule has 13 rings (SSSR count). The van der Waals surface area contributed by atoms with E-state index in [-0.39, 0.29) is 4.70 Å². The molecule has 0 aromatic rings. The molecule has 0 aliphatic carbocycles. The van der Waals surface area contributed by atoms with E-state index < -0.39 is 29.3 Å². The molecule has 38 nitrogen and oxygen atoms in total. The first-order chi connectivity index (χ1) is 56.2. The van der Waals surface area contributed by atoms with Crippen LogP contribution < -0.4 is 65.0 Å². The Morgan fingerprint density at radius 1 is 0.149 bits per heavy atom. The zero-order chi connectivity index (χ0) is 92.1. The Kier molecular flexibility index (Phi) is 78.5. The van der Waals surface area contributed by atoms with Gasteiger partial charge in [0, 0.05) is 83.5 Å². The highest BCUT2D eigenvalue weighted by Gasteiger charge is 2.15. The molecule has 0 amide bonds. The minimum atomic E-state index is -2.92. The lowest BCUT2D eigenvalue weighted by atomic mass is 10.3. The molecule has 0 atom stereocenters. The van der Waals surface area contributed by atoms with E-state index in [2.05, 4.69) is 389 Å². The molecule has 0 saturated carbocycles. The van der Waals surface area contributed by atoms with Crippen molar-refractivity contribution in [3.05, 3.63) is 0 Å². The molecule has 13 aliphatic heterocycles. The van der Waals surface area contributed by atoms with Gasteiger partial charge in [-0.1, -0.05) is 0 Å². The monoisotopic (exact) mass is 1730 g/mol. The van der Waals surface area contributed by atoms with Gasteiger partial charge in [-0.3, -0.25) is 152 Å². The van der Waals surface area contributed by atoms with Gasteiger partial charge in [-0.25, -0.2) is 0 Å². The molecule has 702 valence electrons. The lowest BCUT2D eigenvalue weighted by Gasteiger charge is -2.35. The van der Waals surface area contributed by atoms with Crippen molar-refractivity contribution < 1.29 is 124 Å².